The lowest BCUT2D eigenvalue weighted by Crippen LogP contribution is -2.46. The van der Waals surface area contributed by atoms with Gasteiger partial charge in [-0.15, -0.1) is 0 Å². The first-order chi connectivity index (χ1) is 12.7. The van der Waals surface area contributed by atoms with Gasteiger partial charge < -0.3 is 16.0 Å². The van der Waals surface area contributed by atoms with Crippen molar-refractivity contribution in [2.45, 2.75) is 103 Å². The Hall–Kier alpha value is -0.750. The van der Waals surface area contributed by atoms with Crippen LogP contribution >= 0.6 is 13.5 Å². The van der Waals surface area contributed by atoms with Gasteiger partial charge in [0, 0.05) is 19.5 Å². The summed E-state index contributed by atoms with van der Waals surface area (Å²) >= 11 is 0. The lowest BCUT2D eigenvalue weighted by Gasteiger charge is -2.24. The van der Waals surface area contributed by atoms with Gasteiger partial charge in [-0.1, -0.05) is 58.3 Å². The van der Waals surface area contributed by atoms with E-state index in [1.807, 2.05) is 4.90 Å². The van der Waals surface area contributed by atoms with Gasteiger partial charge in [0.15, 0.2) is 0 Å². The second-order valence-corrected chi connectivity index (χ2v) is 7.61. The standard InChI is InChI=1S/C21H41N3O2.H2S/c1-2-3-4-5-6-7-8-10-15-20(25)24-18-13-14-19(24)21(26)23-17-12-9-11-16-22;/h19H,2-18,22H2,1H3,(H,23,26);1H2. The van der Waals surface area contributed by atoms with E-state index in [4.69, 9.17) is 5.73 Å². The highest BCUT2D eigenvalue weighted by molar-refractivity contribution is 7.59. The highest BCUT2D eigenvalue weighted by Crippen LogP contribution is 2.20. The average molecular weight is 402 g/mol. The molecule has 1 rings (SSSR count). The highest BCUT2D eigenvalue weighted by atomic mass is 32.1. The summed E-state index contributed by atoms with van der Waals surface area (Å²) in [6.07, 6.45) is 15.2. The maximum Gasteiger partial charge on any atom is 0.242 e. The molecule has 6 heteroatoms. The van der Waals surface area contributed by atoms with Gasteiger partial charge >= 0.3 is 0 Å². The third-order valence-corrected chi connectivity index (χ3v) is 5.30. The molecule has 1 aliphatic rings. The minimum Gasteiger partial charge on any atom is -0.354 e. The zero-order valence-electron chi connectivity index (χ0n) is 17.4. The molecular weight excluding hydrogens is 358 g/mol. The molecule has 5 nitrogen and oxygen atoms in total. The van der Waals surface area contributed by atoms with E-state index in [2.05, 4.69) is 12.2 Å². The molecule has 0 radical (unpaired) electrons. The topological polar surface area (TPSA) is 75.4 Å². The fourth-order valence-corrected chi connectivity index (χ4v) is 3.67. The van der Waals surface area contributed by atoms with Crippen molar-refractivity contribution in [2.75, 3.05) is 19.6 Å². The van der Waals surface area contributed by atoms with Crippen LogP contribution in [0.4, 0.5) is 0 Å². The molecule has 0 aromatic carbocycles. The van der Waals surface area contributed by atoms with Gasteiger partial charge in [-0.2, -0.15) is 13.5 Å². The van der Waals surface area contributed by atoms with E-state index < -0.39 is 0 Å². The van der Waals surface area contributed by atoms with E-state index in [-0.39, 0.29) is 31.4 Å². The summed E-state index contributed by atoms with van der Waals surface area (Å²) in [7, 11) is 0. The van der Waals surface area contributed by atoms with Gasteiger partial charge in [0.1, 0.15) is 6.04 Å². The number of carbonyl (C=O) groups excluding carboxylic acids is 2. The summed E-state index contributed by atoms with van der Waals surface area (Å²) < 4.78 is 0. The molecule has 1 atom stereocenters. The zero-order chi connectivity index (χ0) is 19.0. The van der Waals surface area contributed by atoms with Crippen molar-refractivity contribution in [2.24, 2.45) is 5.73 Å². The second kappa shape index (κ2) is 17.4. The predicted molar refractivity (Wildman–Crippen MR) is 118 cm³/mol. The molecule has 1 unspecified atom stereocenters. The van der Waals surface area contributed by atoms with Crippen LogP contribution in [0.25, 0.3) is 0 Å². The maximum absolute atomic E-state index is 12.5. The van der Waals surface area contributed by atoms with Crippen molar-refractivity contribution in [3.8, 4) is 0 Å². The first kappa shape index (κ1) is 26.2. The van der Waals surface area contributed by atoms with Crippen molar-refractivity contribution in [1.82, 2.24) is 10.2 Å². The maximum atomic E-state index is 12.5. The van der Waals surface area contributed by atoms with Crippen LogP contribution in [-0.2, 0) is 9.59 Å². The van der Waals surface area contributed by atoms with Crippen molar-refractivity contribution in [3.05, 3.63) is 0 Å². The minimum atomic E-state index is -0.244. The first-order valence-corrected chi connectivity index (χ1v) is 11.0. The molecule has 0 aliphatic carbocycles. The van der Waals surface area contributed by atoms with E-state index in [0.29, 0.717) is 19.5 Å². The number of amides is 2. The lowest BCUT2D eigenvalue weighted by atomic mass is 10.1. The number of rotatable bonds is 15. The number of hydrogen-bond donors (Lipinski definition) is 2. The Morgan fingerprint density at radius 1 is 0.963 bits per heavy atom. The molecular formula is C21H43N3O2S. The largest absolute Gasteiger partial charge is 0.354 e. The minimum absolute atomic E-state index is 0. The molecule has 0 aromatic heterocycles. The number of hydrogen-bond acceptors (Lipinski definition) is 3. The third kappa shape index (κ3) is 11.6. The fourth-order valence-electron chi connectivity index (χ4n) is 3.67. The number of nitrogens with two attached hydrogens (primary N) is 1. The Morgan fingerprint density at radius 2 is 1.59 bits per heavy atom. The van der Waals surface area contributed by atoms with Crippen LogP contribution in [0.1, 0.15) is 96.8 Å². The quantitative estimate of drug-likeness (QED) is 0.409. The van der Waals surface area contributed by atoms with Crippen LogP contribution < -0.4 is 11.1 Å². The van der Waals surface area contributed by atoms with E-state index in [1.165, 1.54) is 38.5 Å². The van der Waals surface area contributed by atoms with E-state index >= 15 is 0 Å². The van der Waals surface area contributed by atoms with Gasteiger partial charge in [0.05, 0.1) is 0 Å². The van der Waals surface area contributed by atoms with Crippen LogP contribution in [0.5, 0.6) is 0 Å². The average Bonchev–Trinajstić information content (AvgIpc) is 3.13. The van der Waals surface area contributed by atoms with Crippen molar-refractivity contribution < 1.29 is 9.59 Å². The molecule has 0 bridgehead atoms. The van der Waals surface area contributed by atoms with Crippen molar-refractivity contribution in [3.63, 3.8) is 0 Å². The third-order valence-electron chi connectivity index (χ3n) is 5.30. The molecule has 3 N–H and O–H groups in total. The first-order valence-electron chi connectivity index (χ1n) is 11.0. The normalized spacial score (nSPS) is 16.2. The van der Waals surface area contributed by atoms with E-state index in [1.54, 1.807) is 0 Å². The van der Waals surface area contributed by atoms with Crippen LogP contribution in [0.2, 0.25) is 0 Å². The van der Waals surface area contributed by atoms with Gasteiger partial charge in [-0.05, 0) is 38.6 Å². The van der Waals surface area contributed by atoms with Crippen LogP contribution in [0, 0.1) is 0 Å². The Kier molecular flexibility index (Phi) is 16.9. The number of unbranched alkanes of at least 4 members (excludes halogenated alkanes) is 9. The van der Waals surface area contributed by atoms with E-state index in [9.17, 15) is 9.59 Å². The molecule has 2 amide bonds. The Morgan fingerprint density at radius 3 is 2.26 bits per heavy atom. The summed E-state index contributed by atoms with van der Waals surface area (Å²) in [5.74, 6) is 0.191. The monoisotopic (exact) mass is 401 g/mol. The van der Waals surface area contributed by atoms with Crippen LogP contribution in [0.3, 0.4) is 0 Å². The van der Waals surface area contributed by atoms with Crippen molar-refractivity contribution in [1.29, 1.82) is 0 Å². The SMILES string of the molecule is CCCCCCCCCCC(=O)N1CCCC1C(=O)NCCCCCN.S. The van der Waals surface area contributed by atoms with Crippen molar-refractivity contribution >= 4 is 25.3 Å². The van der Waals surface area contributed by atoms with Gasteiger partial charge in [-0.3, -0.25) is 9.59 Å². The number of carbonyl (C=O) groups is 2. The molecule has 0 saturated carbocycles. The zero-order valence-corrected chi connectivity index (χ0v) is 18.4. The molecule has 160 valence electrons. The predicted octanol–water partition coefficient (Wildman–Crippen LogP) is 3.87. The van der Waals surface area contributed by atoms with Crippen LogP contribution in [0.15, 0.2) is 0 Å². The summed E-state index contributed by atoms with van der Waals surface area (Å²) in [6.45, 7) is 4.37. The molecule has 1 fully saturated rings. The molecule has 1 heterocycles. The second-order valence-electron chi connectivity index (χ2n) is 7.61. The fraction of sp³-hybridized carbons (Fsp3) is 0.905. The Balaban J connectivity index is 0.00000676. The molecule has 27 heavy (non-hydrogen) atoms. The summed E-state index contributed by atoms with van der Waals surface area (Å²) in [6, 6.07) is -0.244. The van der Waals surface area contributed by atoms with Gasteiger partial charge in [-0.25, -0.2) is 0 Å². The number of nitrogens with zero attached hydrogens (tertiary/aromatic N) is 1. The Bertz CT molecular complexity index is 394. The van der Waals surface area contributed by atoms with Crippen LogP contribution in [-0.4, -0.2) is 42.4 Å². The highest BCUT2D eigenvalue weighted by Gasteiger charge is 2.33. The van der Waals surface area contributed by atoms with Gasteiger partial charge in [0.2, 0.25) is 11.8 Å². The Labute approximate surface area is 173 Å². The number of likely N-dealkylation sites (tertiary alicyclic amines) is 1. The molecule has 1 saturated heterocycles. The van der Waals surface area contributed by atoms with Gasteiger partial charge in [0.25, 0.3) is 0 Å². The molecule has 1 aliphatic heterocycles. The summed E-state index contributed by atoms with van der Waals surface area (Å²) in [5.41, 5.74) is 5.48. The van der Waals surface area contributed by atoms with E-state index in [0.717, 1.165) is 51.5 Å². The molecule has 0 spiro atoms. The number of nitrogens with one attached hydrogen (secondary N) is 1. The smallest absolute Gasteiger partial charge is 0.242 e. The molecule has 0 aromatic rings. The lowest BCUT2D eigenvalue weighted by molar-refractivity contribution is -0.138. The summed E-state index contributed by atoms with van der Waals surface area (Å²) in [4.78, 5) is 26.7. The summed E-state index contributed by atoms with van der Waals surface area (Å²) in [5, 5.41) is 3.00.